The van der Waals surface area contributed by atoms with E-state index in [1.165, 1.54) is 0 Å². The molecule has 29 valence electrons. The first-order valence-corrected chi connectivity index (χ1v) is 3.12. The van der Waals surface area contributed by atoms with E-state index in [4.69, 9.17) is 20.3 Å². The number of rotatable bonds is 0. The standard InChI is InChI=1S/2ClH.Co.W/h2*1H;;/q;;+2;/p-2. The maximum atomic E-state index is 4.73. The second-order valence-corrected chi connectivity index (χ2v) is 1.77. The monoisotopic (exact) mass is 313 g/mol. The van der Waals surface area contributed by atoms with Crippen molar-refractivity contribution in [3.05, 3.63) is 0 Å². The molecule has 0 aromatic rings. The van der Waals surface area contributed by atoms with Crippen LogP contribution in [-0.4, -0.2) is 0 Å². The molecule has 4 heteroatoms. The summed E-state index contributed by atoms with van der Waals surface area (Å²) in [5.41, 5.74) is 0. The summed E-state index contributed by atoms with van der Waals surface area (Å²) in [6, 6.07) is 0. The Bertz CT molecular complexity index is 6.00. The molecule has 0 spiro atoms. The van der Waals surface area contributed by atoms with Gasteiger partial charge in [-0.2, -0.15) is 0 Å². The number of halogens is 2. The van der Waals surface area contributed by atoms with Gasteiger partial charge < -0.3 is 0 Å². The molecule has 0 fully saturated rings. The molecule has 0 aliphatic carbocycles. The Hall–Kier alpha value is 1.77. The fraction of sp³-hybridized carbons (Fsp3) is 0. The Balaban J connectivity index is 0. The van der Waals surface area contributed by atoms with Gasteiger partial charge in [-0.1, -0.05) is 0 Å². The quantitative estimate of drug-likeness (QED) is 0.634. The van der Waals surface area contributed by atoms with Crippen molar-refractivity contribution in [1.82, 2.24) is 0 Å². The van der Waals surface area contributed by atoms with Gasteiger partial charge in [0.15, 0.2) is 0 Å². The molecule has 0 N–H and O–H groups in total. The zero-order valence-electron chi connectivity index (χ0n) is 1.50. The van der Waals surface area contributed by atoms with Gasteiger partial charge in [0.25, 0.3) is 0 Å². The van der Waals surface area contributed by atoms with Gasteiger partial charge in [-0.3, -0.25) is 0 Å². The third-order valence-corrected chi connectivity index (χ3v) is 0. The molecule has 4 heavy (non-hydrogen) atoms. The van der Waals surface area contributed by atoms with Crippen LogP contribution in [0, 0.1) is 0 Å². The van der Waals surface area contributed by atoms with Crippen LogP contribution in [0.15, 0.2) is 0 Å². The van der Waals surface area contributed by atoms with Crippen LogP contribution in [0.5, 0.6) is 0 Å². The fourth-order valence-corrected chi connectivity index (χ4v) is 0. The Morgan fingerprint density at radius 1 is 1.25 bits per heavy atom. The minimum atomic E-state index is 0. The summed E-state index contributed by atoms with van der Waals surface area (Å²) in [6.07, 6.45) is 0. The predicted octanol–water partition coefficient (Wildman–Crippen LogP) is 1.37. The van der Waals surface area contributed by atoms with Crippen LogP contribution < -0.4 is 0 Å². The van der Waals surface area contributed by atoms with Crippen LogP contribution in [0.1, 0.15) is 0 Å². The van der Waals surface area contributed by atoms with Crippen molar-refractivity contribution < 1.29 is 34.0 Å². The van der Waals surface area contributed by atoms with Gasteiger partial charge in [-0.15, -0.1) is 0 Å². The largest absolute Gasteiger partial charge is 0 e. The minimum Gasteiger partial charge on any atom is 0 e. The third-order valence-electron chi connectivity index (χ3n) is 0. The summed E-state index contributed by atoms with van der Waals surface area (Å²) in [5, 5.41) is 0. The summed E-state index contributed by atoms with van der Waals surface area (Å²) in [4.78, 5) is 0. The zero-order chi connectivity index (χ0) is 2.71. The minimum absolute atomic E-state index is 0. The second kappa shape index (κ2) is 8.84. The van der Waals surface area contributed by atoms with E-state index in [1.54, 1.807) is 0 Å². The van der Waals surface area contributed by atoms with Crippen LogP contribution in [0.3, 0.4) is 0 Å². The van der Waals surface area contributed by atoms with E-state index in [1.807, 2.05) is 0 Å². The first-order chi connectivity index (χ1) is 1.41. The Labute approximate surface area is 54.0 Å². The SMILES string of the molecule is [Cl][Co][Cl].[W]. The van der Waals surface area contributed by atoms with Crippen molar-refractivity contribution in [3.8, 4) is 0 Å². The first-order valence-electron chi connectivity index (χ1n) is 0.252. The molecular formula is Cl2CoW. The fourth-order valence-electron chi connectivity index (χ4n) is 0. The maximum absolute atomic E-state index is 4.73. The van der Waals surface area contributed by atoms with Crippen LogP contribution in [-0.2, 0) is 34.0 Å². The van der Waals surface area contributed by atoms with E-state index in [2.05, 4.69) is 0 Å². The molecule has 0 amide bonds. The molecule has 0 heterocycles. The van der Waals surface area contributed by atoms with Crippen molar-refractivity contribution in [3.63, 3.8) is 0 Å². The smallest absolute Gasteiger partial charge is 0 e. The molecule has 0 rings (SSSR count). The Kier molecular flexibility index (Phi) is 20.4. The van der Waals surface area contributed by atoms with Crippen LogP contribution >= 0.6 is 20.3 Å². The van der Waals surface area contributed by atoms with Gasteiger partial charge >= 0.3 is 33.2 Å². The van der Waals surface area contributed by atoms with Crippen molar-refractivity contribution in [2.24, 2.45) is 0 Å². The topological polar surface area (TPSA) is 0 Å². The van der Waals surface area contributed by atoms with Gasteiger partial charge in [0.2, 0.25) is 0 Å². The third kappa shape index (κ3) is 9.23. The molecule has 0 nitrogen and oxygen atoms in total. The van der Waals surface area contributed by atoms with Crippen molar-refractivity contribution in [1.29, 1.82) is 0 Å². The normalized spacial score (nSPS) is 5.50. The molecule has 0 aromatic carbocycles. The summed E-state index contributed by atoms with van der Waals surface area (Å²) in [6.45, 7) is 0. The van der Waals surface area contributed by atoms with Crippen molar-refractivity contribution in [2.75, 3.05) is 0 Å². The van der Waals surface area contributed by atoms with Gasteiger partial charge in [0, 0.05) is 21.1 Å². The van der Waals surface area contributed by atoms with Gasteiger partial charge in [0.05, 0.1) is 0 Å². The van der Waals surface area contributed by atoms with E-state index in [0.717, 1.165) is 0 Å². The molecule has 0 unspecified atom stereocenters. The van der Waals surface area contributed by atoms with Gasteiger partial charge in [-0.25, -0.2) is 0 Å². The molecule has 0 aromatic heterocycles. The van der Waals surface area contributed by atoms with E-state index >= 15 is 0 Å². The molecule has 0 aliphatic heterocycles. The Morgan fingerprint density at radius 2 is 1.25 bits per heavy atom. The average Bonchev–Trinajstić information content (AvgIpc) is 0.918. The second-order valence-electron chi connectivity index (χ2n) is 0.0476. The molecule has 0 saturated carbocycles. The van der Waals surface area contributed by atoms with Gasteiger partial charge in [0.1, 0.15) is 0 Å². The van der Waals surface area contributed by atoms with Crippen LogP contribution in [0.4, 0.5) is 0 Å². The number of hydrogen-bond acceptors (Lipinski definition) is 0. The van der Waals surface area contributed by atoms with E-state index in [-0.39, 0.29) is 21.1 Å². The maximum Gasteiger partial charge on any atom is 0 e. The summed E-state index contributed by atoms with van der Waals surface area (Å²) in [7, 11) is 9.47. The van der Waals surface area contributed by atoms with Crippen molar-refractivity contribution >= 4 is 20.3 Å². The van der Waals surface area contributed by atoms with Crippen LogP contribution in [0.2, 0.25) is 0 Å². The Morgan fingerprint density at radius 3 is 1.25 bits per heavy atom. The molecule has 0 radical (unpaired) electrons. The summed E-state index contributed by atoms with van der Waals surface area (Å²) in [5.74, 6) is 0. The van der Waals surface area contributed by atoms with Crippen LogP contribution in [0.25, 0.3) is 0 Å². The molecule has 0 aliphatic rings. The average molecular weight is 314 g/mol. The van der Waals surface area contributed by atoms with E-state index in [9.17, 15) is 0 Å². The molecule has 0 atom stereocenters. The molecule has 0 bridgehead atoms. The summed E-state index contributed by atoms with van der Waals surface area (Å²) >= 11 is 0.382. The van der Waals surface area contributed by atoms with Gasteiger partial charge in [-0.05, 0) is 0 Å². The predicted molar refractivity (Wildman–Crippen MR) is 11.7 cm³/mol. The first kappa shape index (κ1) is 9.24. The van der Waals surface area contributed by atoms with E-state index in [0.29, 0.717) is 12.9 Å². The molecular weight excluding hydrogens is 314 g/mol. The van der Waals surface area contributed by atoms with E-state index < -0.39 is 0 Å². The molecule has 0 saturated heterocycles. The number of hydrogen-bond donors (Lipinski definition) is 0. The zero-order valence-corrected chi connectivity index (χ0v) is 6.98. The summed E-state index contributed by atoms with van der Waals surface area (Å²) < 4.78 is 0. The van der Waals surface area contributed by atoms with Crippen molar-refractivity contribution in [2.45, 2.75) is 0 Å².